The van der Waals surface area contributed by atoms with Crippen LogP contribution in [0.3, 0.4) is 0 Å². The molecule has 2 N–H and O–H groups in total. The normalized spacial score (nSPS) is 21.6. The number of carbonyl (C=O) groups is 1. The maximum absolute atomic E-state index is 11.2. The number of primary amides is 1. The molecular weight excluding hydrogens is 226 g/mol. The first-order valence-corrected chi connectivity index (χ1v) is 6.49. The van der Waals surface area contributed by atoms with E-state index >= 15 is 0 Å². The highest BCUT2D eigenvalue weighted by Crippen LogP contribution is 2.14. The third kappa shape index (κ3) is 3.23. The van der Waals surface area contributed by atoms with E-state index in [2.05, 4.69) is 36.1 Å². The molecule has 1 heterocycles. The van der Waals surface area contributed by atoms with Crippen LogP contribution in [0.4, 0.5) is 4.79 Å². The molecule has 4 nitrogen and oxygen atoms in total. The van der Waals surface area contributed by atoms with E-state index in [0.717, 1.165) is 32.6 Å². The Kier molecular flexibility index (Phi) is 4.20. The topological polar surface area (TPSA) is 49.6 Å². The quantitative estimate of drug-likeness (QED) is 0.864. The lowest BCUT2D eigenvalue weighted by Gasteiger charge is -2.26. The number of nitrogens with two attached hydrogens (primary N) is 1. The molecule has 1 saturated heterocycles. The van der Waals surface area contributed by atoms with Crippen molar-refractivity contribution >= 4 is 6.03 Å². The van der Waals surface area contributed by atoms with Gasteiger partial charge < -0.3 is 10.6 Å². The minimum Gasteiger partial charge on any atom is -0.351 e. The Hall–Kier alpha value is -1.55. The van der Waals surface area contributed by atoms with Gasteiger partial charge in [-0.3, -0.25) is 4.90 Å². The van der Waals surface area contributed by atoms with Gasteiger partial charge in [-0.1, -0.05) is 30.3 Å². The summed E-state index contributed by atoms with van der Waals surface area (Å²) in [5, 5.41) is 0. The molecule has 1 aromatic rings. The molecule has 4 heteroatoms. The summed E-state index contributed by atoms with van der Waals surface area (Å²) < 4.78 is 0. The van der Waals surface area contributed by atoms with Crippen LogP contribution in [0.15, 0.2) is 30.3 Å². The van der Waals surface area contributed by atoms with E-state index in [1.165, 1.54) is 5.56 Å². The highest BCUT2D eigenvalue weighted by molar-refractivity contribution is 5.71. The standard InChI is InChI=1S/C14H21N3O/c1-12-7-8-16(14(15)18)9-10-17(12)11-13-5-3-2-4-6-13/h2-6,12H,7-11H2,1H3,(H2,15,18). The second-order valence-electron chi connectivity index (χ2n) is 4.92. The summed E-state index contributed by atoms with van der Waals surface area (Å²) in [4.78, 5) is 15.4. The molecule has 1 fully saturated rings. The van der Waals surface area contributed by atoms with Crippen molar-refractivity contribution in [3.63, 3.8) is 0 Å². The zero-order chi connectivity index (χ0) is 13.0. The van der Waals surface area contributed by atoms with Crippen molar-refractivity contribution in [2.45, 2.75) is 25.9 Å². The molecule has 1 atom stereocenters. The smallest absolute Gasteiger partial charge is 0.314 e. The van der Waals surface area contributed by atoms with Crippen molar-refractivity contribution < 1.29 is 4.79 Å². The average molecular weight is 247 g/mol. The Bertz CT molecular complexity index is 393. The molecule has 1 aromatic carbocycles. The molecule has 18 heavy (non-hydrogen) atoms. The lowest BCUT2D eigenvalue weighted by atomic mass is 10.1. The predicted molar refractivity (Wildman–Crippen MR) is 72.1 cm³/mol. The number of rotatable bonds is 2. The molecule has 0 spiro atoms. The third-order valence-electron chi connectivity index (χ3n) is 3.64. The van der Waals surface area contributed by atoms with Gasteiger partial charge in [-0.05, 0) is 18.9 Å². The van der Waals surface area contributed by atoms with Gasteiger partial charge >= 0.3 is 6.03 Å². The summed E-state index contributed by atoms with van der Waals surface area (Å²) >= 11 is 0. The van der Waals surface area contributed by atoms with Gasteiger partial charge in [0.15, 0.2) is 0 Å². The Morgan fingerprint density at radius 2 is 2.00 bits per heavy atom. The summed E-state index contributed by atoms with van der Waals surface area (Å²) in [6.45, 7) is 5.54. The second-order valence-corrected chi connectivity index (χ2v) is 4.92. The Morgan fingerprint density at radius 1 is 1.28 bits per heavy atom. The van der Waals surface area contributed by atoms with Gasteiger partial charge in [0, 0.05) is 32.2 Å². The summed E-state index contributed by atoms with van der Waals surface area (Å²) in [5.41, 5.74) is 6.67. The van der Waals surface area contributed by atoms with Crippen molar-refractivity contribution in [2.75, 3.05) is 19.6 Å². The van der Waals surface area contributed by atoms with E-state index in [-0.39, 0.29) is 6.03 Å². The number of hydrogen-bond donors (Lipinski definition) is 1. The van der Waals surface area contributed by atoms with Gasteiger partial charge in [-0.25, -0.2) is 4.79 Å². The molecule has 1 aliphatic rings. The highest BCUT2D eigenvalue weighted by Gasteiger charge is 2.22. The summed E-state index contributed by atoms with van der Waals surface area (Å²) in [5.74, 6) is 0. The average Bonchev–Trinajstić information content (AvgIpc) is 2.54. The highest BCUT2D eigenvalue weighted by atomic mass is 16.2. The van der Waals surface area contributed by atoms with E-state index in [1.807, 2.05) is 6.07 Å². The third-order valence-corrected chi connectivity index (χ3v) is 3.64. The summed E-state index contributed by atoms with van der Waals surface area (Å²) in [6, 6.07) is 10.6. The number of carbonyl (C=O) groups excluding carboxylic acids is 1. The van der Waals surface area contributed by atoms with Crippen molar-refractivity contribution in [1.29, 1.82) is 0 Å². The van der Waals surface area contributed by atoms with E-state index in [1.54, 1.807) is 4.90 Å². The lowest BCUT2D eigenvalue weighted by Crippen LogP contribution is -2.38. The van der Waals surface area contributed by atoms with Gasteiger partial charge in [0.25, 0.3) is 0 Å². The van der Waals surface area contributed by atoms with Crippen LogP contribution in [-0.4, -0.2) is 41.5 Å². The van der Waals surface area contributed by atoms with Gasteiger partial charge in [-0.15, -0.1) is 0 Å². The zero-order valence-corrected chi connectivity index (χ0v) is 10.9. The minimum absolute atomic E-state index is 0.302. The molecule has 98 valence electrons. The fourth-order valence-corrected chi connectivity index (χ4v) is 2.38. The van der Waals surface area contributed by atoms with Crippen molar-refractivity contribution in [3.8, 4) is 0 Å². The first-order chi connectivity index (χ1) is 8.66. The van der Waals surface area contributed by atoms with E-state index in [4.69, 9.17) is 5.73 Å². The molecule has 0 bridgehead atoms. The molecule has 0 saturated carbocycles. The van der Waals surface area contributed by atoms with Crippen LogP contribution in [0.25, 0.3) is 0 Å². The number of nitrogens with zero attached hydrogens (tertiary/aromatic N) is 2. The molecule has 1 unspecified atom stereocenters. The van der Waals surface area contributed by atoms with Crippen LogP contribution in [0, 0.1) is 0 Å². The molecule has 0 aliphatic carbocycles. The first kappa shape index (κ1) is 12.9. The van der Waals surface area contributed by atoms with Crippen LogP contribution in [0.1, 0.15) is 18.9 Å². The Labute approximate surface area is 108 Å². The van der Waals surface area contributed by atoms with Gasteiger partial charge in [0.05, 0.1) is 0 Å². The Morgan fingerprint density at radius 3 is 2.67 bits per heavy atom. The Balaban J connectivity index is 1.98. The molecule has 2 rings (SSSR count). The van der Waals surface area contributed by atoms with Crippen molar-refractivity contribution in [2.24, 2.45) is 5.73 Å². The number of hydrogen-bond acceptors (Lipinski definition) is 2. The van der Waals surface area contributed by atoms with Gasteiger partial charge in [-0.2, -0.15) is 0 Å². The number of amides is 2. The zero-order valence-electron chi connectivity index (χ0n) is 10.9. The molecule has 0 radical (unpaired) electrons. The van der Waals surface area contributed by atoms with Crippen molar-refractivity contribution in [1.82, 2.24) is 9.80 Å². The van der Waals surface area contributed by atoms with Crippen LogP contribution in [-0.2, 0) is 6.54 Å². The maximum Gasteiger partial charge on any atom is 0.314 e. The maximum atomic E-state index is 11.2. The largest absolute Gasteiger partial charge is 0.351 e. The van der Waals surface area contributed by atoms with Crippen molar-refractivity contribution in [3.05, 3.63) is 35.9 Å². The number of urea groups is 1. The summed E-state index contributed by atoms with van der Waals surface area (Å²) in [6.07, 6.45) is 0.982. The van der Waals surface area contributed by atoms with E-state index < -0.39 is 0 Å². The van der Waals surface area contributed by atoms with Crippen LogP contribution in [0.2, 0.25) is 0 Å². The fraction of sp³-hybridized carbons (Fsp3) is 0.500. The van der Waals surface area contributed by atoms with Gasteiger partial charge in [0.1, 0.15) is 0 Å². The molecule has 0 aromatic heterocycles. The van der Waals surface area contributed by atoms with E-state index in [9.17, 15) is 4.79 Å². The van der Waals surface area contributed by atoms with E-state index in [0.29, 0.717) is 6.04 Å². The van der Waals surface area contributed by atoms with Gasteiger partial charge in [0.2, 0.25) is 0 Å². The number of benzene rings is 1. The molecule has 2 amide bonds. The first-order valence-electron chi connectivity index (χ1n) is 6.49. The summed E-state index contributed by atoms with van der Waals surface area (Å²) in [7, 11) is 0. The fourth-order valence-electron chi connectivity index (χ4n) is 2.38. The second kappa shape index (κ2) is 5.87. The predicted octanol–water partition coefficient (Wildman–Crippen LogP) is 1.66. The van der Waals surface area contributed by atoms with Crippen LogP contribution < -0.4 is 5.73 Å². The monoisotopic (exact) mass is 247 g/mol. The van der Waals surface area contributed by atoms with Crippen LogP contribution >= 0.6 is 0 Å². The lowest BCUT2D eigenvalue weighted by molar-refractivity contribution is 0.199. The van der Waals surface area contributed by atoms with Crippen LogP contribution in [0.5, 0.6) is 0 Å². The molecule has 1 aliphatic heterocycles. The minimum atomic E-state index is -0.302. The SMILES string of the molecule is CC1CCN(C(N)=O)CCN1Cc1ccccc1. The molecular formula is C14H21N3O.